The molecule has 0 spiro atoms. The van der Waals surface area contributed by atoms with Crippen molar-refractivity contribution < 1.29 is 14.7 Å². The summed E-state index contributed by atoms with van der Waals surface area (Å²) in [5, 5.41) is 21.4. The van der Waals surface area contributed by atoms with Gasteiger partial charge >= 0.3 is 12.0 Å². The molecular formula is C12H17N5O3. The van der Waals surface area contributed by atoms with Gasteiger partial charge in [0.15, 0.2) is 5.69 Å². The Bertz CT molecular complexity index is 511. The maximum Gasteiger partial charge on any atom is 0.358 e. The number of carbonyl (C=O) groups is 2. The molecule has 1 aromatic heterocycles. The first-order valence-corrected chi connectivity index (χ1v) is 6.48. The van der Waals surface area contributed by atoms with Gasteiger partial charge in [-0.15, -0.1) is 5.10 Å². The van der Waals surface area contributed by atoms with Gasteiger partial charge in [0.1, 0.15) is 0 Å². The lowest BCUT2D eigenvalue weighted by atomic mass is 10.0. The number of rotatable bonds is 5. The Hall–Kier alpha value is -2.38. The van der Waals surface area contributed by atoms with Gasteiger partial charge in [-0.05, 0) is 19.3 Å². The number of aromatic nitrogens is 3. The third-order valence-corrected chi connectivity index (χ3v) is 2.99. The van der Waals surface area contributed by atoms with Crippen LogP contribution in [0.5, 0.6) is 0 Å². The maximum absolute atomic E-state index is 11.6. The van der Waals surface area contributed by atoms with Crippen LogP contribution in [0.3, 0.4) is 0 Å². The van der Waals surface area contributed by atoms with Crippen molar-refractivity contribution in [1.29, 1.82) is 0 Å². The van der Waals surface area contributed by atoms with Crippen molar-refractivity contribution in [3.05, 3.63) is 24.0 Å². The summed E-state index contributed by atoms with van der Waals surface area (Å²) >= 11 is 0. The molecule has 20 heavy (non-hydrogen) atoms. The number of hydrogen-bond acceptors (Lipinski definition) is 4. The monoisotopic (exact) mass is 279 g/mol. The van der Waals surface area contributed by atoms with Gasteiger partial charge in [-0.25, -0.2) is 14.3 Å². The van der Waals surface area contributed by atoms with Crippen molar-refractivity contribution in [2.24, 2.45) is 0 Å². The van der Waals surface area contributed by atoms with Gasteiger partial charge in [0.05, 0.1) is 12.7 Å². The number of urea groups is 1. The highest BCUT2D eigenvalue weighted by Gasteiger charge is 2.12. The van der Waals surface area contributed by atoms with Gasteiger partial charge in [0.25, 0.3) is 0 Å². The molecule has 108 valence electrons. The summed E-state index contributed by atoms with van der Waals surface area (Å²) in [6.07, 6.45) is 8.31. The molecule has 0 fully saturated rings. The van der Waals surface area contributed by atoms with E-state index in [1.54, 1.807) is 0 Å². The predicted octanol–water partition coefficient (Wildman–Crippen LogP) is 0.384. The molecular weight excluding hydrogens is 262 g/mol. The van der Waals surface area contributed by atoms with Gasteiger partial charge in [-0.2, -0.15) is 0 Å². The van der Waals surface area contributed by atoms with E-state index in [4.69, 9.17) is 5.11 Å². The molecule has 2 amide bonds. The first-order valence-electron chi connectivity index (χ1n) is 6.48. The number of carboxylic acid groups (broad SMARTS) is 1. The zero-order chi connectivity index (χ0) is 14.4. The van der Waals surface area contributed by atoms with Crippen LogP contribution in [0.4, 0.5) is 4.79 Å². The molecule has 1 aromatic rings. The first kappa shape index (κ1) is 14.0. The molecule has 8 heteroatoms. The summed E-state index contributed by atoms with van der Waals surface area (Å²) in [4.78, 5) is 22.2. The summed E-state index contributed by atoms with van der Waals surface area (Å²) in [5.41, 5.74) is -0.108. The Morgan fingerprint density at radius 2 is 2.30 bits per heavy atom. The summed E-state index contributed by atoms with van der Waals surface area (Å²) in [7, 11) is 0. The molecule has 0 aliphatic heterocycles. The van der Waals surface area contributed by atoms with E-state index < -0.39 is 5.97 Å². The number of aromatic carboxylic acids is 1. The Labute approximate surface area is 115 Å². The molecule has 3 N–H and O–H groups in total. The van der Waals surface area contributed by atoms with Crippen molar-refractivity contribution in [2.45, 2.75) is 31.8 Å². The molecule has 2 rings (SSSR count). The fraction of sp³-hybridized carbons (Fsp3) is 0.500. The Balaban J connectivity index is 1.68. The van der Waals surface area contributed by atoms with Gasteiger partial charge in [0.2, 0.25) is 0 Å². The van der Waals surface area contributed by atoms with Crippen molar-refractivity contribution >= 4 is 12.0 Å². The summed E-state index contributed by atoms with van der Waals surface area (Å²) < 4.78 is 1.38. The Morgan fingerprint density at radius 3 is 2.95 bits per heavy atom. The molecule has 1 heterocycles. The second kappa shape index (κ2) is 6.69. The van der Waals surface area contributed by atoms with Gasteiger partial charge in [-0.1, -0.05) is 17.4 Å². The highest BCUT2D eigenvalue weighted by Crippen LogP contribution is 2.09. The lowest BCUT2D eigenvalue weighted by Gasteiger charge is -2.19. The zero-order valence-electron chi connectivity index (χ0n) is 11.0. The average Bonchev–Trinajstić information content (AvgIpc) is 2.89. The quantitative estimate of drug-likeness (QED) is 0.675. The second-order valence-corrected chi connectivity index (χ2v) is 4.55. The van der Waals surface area contributed by atoms with E-state index in [9.17, 15) is 9.59 Å². The molecule has 0 aromatic carbocycles. The number of hydrogen-bond donors (Lipinski definition) is 3. The highest BCUT2D eigenvalue weighted by molar-refractivity contribution is 5.84. The number of carboxylic acids is 1. The van der Waals surface area contributed by atoms with E-state index in [-0.39, 0.29) is 17.8 Å². The molecule has 0 radical (unpaired) electrons. The van der Waals surface area contributed by atoms with Crippen LogP contribution >= 0.6 is 0 Å². The number of nitrogens with zero attached hydrogens (tertiary/aromatic N) is 3. The molecule has 0 saturated carbocycles. The van der Waals surface area contributed by atoms with Crippen LogP contribution in [0.15, 0.2) is 18.3 Å². The average molecular weight is 279 g/mol. The van der Waals surface area contributed by atoms with E-state index in [2.05, 4.69) is 33.1 Å². The standard InChI is InChI=1S/C12H17N5O3/c18-11(19)10-8-17(16-15-10)7-6-13-12(20)14-9-4-2-1-3-5-9/h1-2,8-9H,3-7H2,(H,18,19)(H2,13,14,20). The van der Waals surface area contributed by atoms with E-state index >= 15 is 0 Å². The minimum absolute atomic E-state index is 0.108. The first-order chi connectivity index (χ1) is 9.65. The summed E-state index contributed by atoms with van der Waals surface area (Å²) in [6.45, 7) is 0.731. The second-order valence-electron chi connectivity index (χ2n) is 4.55. The van der Waals surface area contributed by atoms with E-state index in [1.165, 1.54) is 10.9 Å². The summed E-state index contributed by atoms with van der Waals surface area (Å²) in [6, 6.07) is -0.0335. The van der Waals surface area contributed by atoms with Crippen LogP contribution in [0.2, 0.25) is 0 Å². The summed E-state index contributed by atoms with van der Waals surface area (Å²) in [5.74, 6) is -1.12. The van der Waals surface area contributed by atoms with Gasteiger partial charge in [-0.3, -0.25) is 0 Å². The Kier molecular flexibility index (Phi) is 4.70. The van der Waals surface area contributed by atoms with Crippen LogP contribution in [0, 0.1) is 0 Å². The molecule has 1 aliphatic rings. The largest absolute Gasteiger partial charge is 0.476 e. The lowest BCUT2D eigenvalue weighted by molar-refractivity contribution is 0.0690. The normalized spacial score (nSPS) is 17.7. The fourth-order valence-electron chi connectivity index (χ4n) is 1.95. The van der Waals surface area contributed by atoms with Crippen LogP contribution in [-0.4, -0.2) is 44.7 Å². The molecule has 1 aliphatic carbocycles. The topological polar surface area (TPSA) is 109 Å². The lowest BCUT2D eigenvalue weighted by Crippen LogP contribution is -2.43. The molecule has 0 bridgehead atoms. The van der Waals surface area contributed by atoms with Crippen molar-refractivity contribution in [3.8, 4) is 0 Å². The van der Waals surface area contributed by atoms with Gasteiger partial charge < -0.3 is 15.7 Å². The van der Waals surface area contributed by atoms with Crippen LogP contribution in [0.1, 0.15) is 29.8 Å². The zero-order valence-corrected chi connectivity index (χ0v) is 11.0. The SMILES string of the molecule is O=C(NCCn1cc(C(=O)O)nn1)NC1CC=CCC1. The Morgan fingerprint density at radius 1 is 1.45 bits per heavy atom. The molecule has 1 atom stereocenters. The highest BCUT2D eigenvalue weighted by atomic mass is 16.4. The number of allylic oxidation sites excluding steroid dienone is 1. The third kappa shape index (κ3) is 4.08. The van der Waals surface area contributed by atoms with Crippen LogP contribution in [0.25, 0.3) is 0 Å². The minimum atomic E-state index is -1.12. The van der Waals surface area contributed by atoms with E-state index in [0.717, 1.165) is 19.3 Å². The van der Waals surface area contributed by atoms with Crippen molar-refractivity contribution in [2.75, 3.05) is 6.54 Å². The maximum atomic E-state index is 11.6. The molecule has 8 nitrogen and oxygen atoms in total. The number of nitrogens with one attached hydrogen (secondary N) is 2. The smallest absolute Gasteiger partial charge is 0.358 e. The molecule has 1 unspecified atom stereocenters. The minimum Gasteiger partial charge on any atom is -0.476 e. The predicted molar refractivity (Wildman–Crippen MR) is 70.3 cm³/mol. The van der Waals surface area contributed by atoms with Crippen molar-refractivity contribution in [1.82, 2.24) is 25.6 Å². The van der Waals surface area contributed by atoms with Gasteiger partial charge in [0, 0.05) is 12.6 Å². The third-order valence-electron chi connectivity index (χ3n) is 2.99. The van der Waals surface area contributed by atoms with Crippen LogP contribution in [-0.2, 0) is 6.54 Å². The number of carbonyl (C=O) groups excluding carboxylic acids is 1. The van der Waals surface area contributed by atoms with E-state index in [1.807, 2.05) is 0 Å². The number of amides is 2. The fourth-order valence-corrected chi connectivity index (χ4v) is 1.95. The van der Waals surface area contributed by atoms with Crippen molar-refractivity contribution in [3.63, 3.8) is 0 Å². The van der Waals surface area contributed by atoms with E-state index in [0.29, 0.717) is 13.1 Å². The van der Waals surface area contributed by atoms with Crippen LogP contribution < -0.4 is 10.6 Å². The molecule has 0 saturated heterocycles.